The van der Waals surface area contributed by atoms with E-state index >= 15 is 0 Å². The molecule has 0 saturated carbocycles. The van der Waals surface area contributed by atoms with Gasteiger partial charge in [0.25, 0.3) is 5.56 Å². The molecule has 36 heavy (non-hydrogen) atoms. The third-order valence-corrected chi connectivity index (χ3v) is 5.34. The van der Waals surface area contributed by atoms with Gasteiger partial charge in [0.2, 0.25) is 5.91 Å². The van der Waals surface area contributed by atoms with Gasteiger partial charge in [0.05, 0.1) is 18.7 Å². The number of amides is 1. The second-order valence-corrected chi connectivity index (χ2v) is 8.12. The Hall–Kier alpha value is -4.28. The minimum absolute atomic E-state index is 0.0101. The fourth-order valence-electron chi connectivity index (χ4n) is 3.45. The Labute approximate surface area is 207 Å². The number of carboxylic acid groups (broad SMARTS) is 1. The molecule has 4 N–H and O–H groups in total. The van der Waals surface area contributed by atoms with Gasteiger partial charge in [-0.2, -0.15) is 0 Å². The molecule has 1 amide bonds. The van der Waals surface area contributed by atoms with Crippen molar-refractivity contribution in [2.75, 3.05) is 23.7 Å². The van der Waals surface area contributed by atoms with E-state index in [4.69, 9.17) is 5.11 Å². The molecule has 2 aromatic heterocycles. The Morgan fingerprint density at radius 3 is 2.67 bits per heavy atom. The molecular formula is C25H29FN6O4. The zero-order valence-corrected chi connectivity index (χ0v) is 20.0. The van der Waals surface area contributed by atoms with Crippen molar-refractivity contribution < 1.29 is 19.1 Å². The van der Waals surface area contributed by atoms with Crippen LogP contribution in [0.15, 0.2) is 53.5 Å². The minimum Gasteiger partial charge on any atom is -0.481 e. The van der Waals surface area contributed by atoms with E-state index < -0.39 is 17.4 Å². The predicted molar refractivity (Wildman–Crippen MR) is 133 cm³/mol. The van der Waals surface area contributed by atoms with Gasteiger partial charge in [0.15, 0.2) is 5.82 Å². The van der Waals surface area contributed by atoms with Gasteiger partial charge in [-0.15, -0.1) is 0 Å². The summed E-state index contributed by atoms with van der Waals surface area (Å²) in [6.45, 7) is 2.71. The number of aromatic nitrogens is 3. The number of carbonyl (C=O) groups is 2. The Morgan fingerprint density at radius 1 is 1.19 bits per heavy atom. The van der Waals surface area contributed by atoms with Crippen molar-refractivity contribution in [1.29, 1.82) is 0 Å². The topological polar surface area (TPSA) is 138 Å². The molecule has 1 aliphatic heterocycles. The minimum atomic E-state index is -1.000. The first-order valence-electron chi connectivity index (χ1n) is 11.6. The summed E-state index contributed by atoms with van der Waals surface area (Å²) in [6.07, 6.45) is 3.42. The van der Waals surface area contributed by atoms with Gasteiger partial charge in [0.1, 0.15) is 18.2 Å². The summed E-state index contributed by atoms with van der Waals surface area (Å²) in [5.74, 6) is -0.608. The first-order chi connectivity index (χ1) is 17.3. The van der Waals surface area contributed by atoms with Gasteiger partial charge >= 0.3 is 5.97 Å². The van der Waals surface area contributed by atoms with E-state index in [0.29, 0.717) is 12.2 Å². The van der Waals surface area contributed by atoms with Crippen LogP contribution in [0.5, 0.6) is 0 Å². The fraction of sp³-hybridized carbons (Fsp3) is 0.320. The number of nitrogens with one attached hydrogen (secondary N) is 3. The van der Waals surface area contributed by atoms with E-state index in [1.165, 1.54) is 28.5 Å². The first-order valence-corrected chi connectivity index (χ1v) is 11.6. The van der Waals surface area contributed by atoms with Crippen LogP contribution in [0.3, 0.4) is 0 Å². The lowest BCUT2D eigenvalue weighted by Gasteiger charge is -2.17. The highest BCUT2D eigenvalue weighted by atomic mass is 19.1. The summed E-state index contributed by atoms with van der Waals surface area (Å²) in [4.78, 5) is 43.9. The quantitative estimate of drug-likeness (QED) is 0.373. The molecular weight excluding hydrogens is 467 g/mol. The van der Waals surface area contributed by atoms with Crippen LogP contribution in [0.4, 0.5) is 16.0 Å². The number of rotatable bonds is 8. The number of carbonyl (C=O) groups excluding carboxylic acids is 1. The molecule has 10 nitrogen and oxygen atoms in total. The molecule has 3 heterocycles. The van der Waals surface area contributed by atoms with Crippen LogP contribution >= 0.6 is 0 Å². The summed E-state index contributed by atoms with van der Waals surface area (Å²) < 4.78 is 13.2. The van der Waals surface area contributed by atoms with Crippen LogP contribution in [-0.2, 0) is 29.1 Å². The van der Waals surface area contributed by atoms with E-state index in [2.05, 4.69) is 25.9 Å². The lowest BCUT2D eigenvalue weighted by atomic mass is 10.1. The molecule has 0 saturated heterocycles. The highest BCUT2D eigenvalue weighted by molar-refractivity contribution is 5.76. The number of aliphatic carboxylic acids is 1. The molecule has 0 atom stereocenters. The van der Waals surface area contributed by atoms with Gasteiger partial charge in [-0.1, -0.05) is 24.3 Å². The lowest BCUT2D eigenvalue weighted by Crippen LogP contribution is -2.35. The number of benzene rings is 1. The number of fused-ring (bicyclic) bond motifs is 1. The maximum atomic E-state index is 12.7. The molecule has 0 fully saturated rings. The van der Waals surface area contributed by atoms with Crippen LogP contribution in [0, 0.1) is 12.7 Å². The van der Waals surface area contributed by atoms with Crippen LogP contribution in [0.2, 0.25) is 0 Å². The van der Waals surface area contributed by atoms with Gasteiger partial charge in [-0.05, 0) is 43.5 Å². The highest BCUT2D eigenvalue weighted by Crippen LogP contribution is 2.19. The van der Waals surface area contributed by atoms with Gasteiger partial charge < -0.3 is 21.1 Å². The van der Waals surface area contributed by atoms with Gasteiger partial charge in [0, 0.05) is 25.0 Å². The zero-order chi connectivity index (χ0) is 25.9. The monoisotopic (exact) mass is 496 g/mol. The average Bonchev–Trinajstić information content (AvgIpc) is 2.86. The van der Waals surface area contributed by atoms with Crippen LogP contribution in [0.25, 0.3) is 0 Å². The second-order valence-electron chi connectivity index (χ2n) is 8.12. The lowest BCUT2D eigenvalue weighted by molar-refractivity contribution is -0.136. The third kappa shape index (κ3) is 7.90. The van der Waals surface area contributed by atoms with E-state index in [1.54, 1.807) is 25.1 Å². The van der Waals surface area contributed by atoms with Crippen molar-refractivity contribution in [2.24, 2.45) is 0 Å². The predicted octanol–water partition coefficient (Wildman–Crippen LogP) is 2.33. The van der Waals surface area contributed by atoms with E-state index in [1.807, 2.05) is 12.1 Å². The number of hydrogen-bond donors (Lipinski definition) is 4. The summed E-state index contributed by atoms with van der Waals surface area (Å²) in [7, 11) is 0. The normalized spacial score (nSPS) is 11.8. The summed E-state index contributed by atoms with van der Waals surface area (Å²) in [6, 6.07) is 11.9. The number of aryl methyl sites for hydroxylation is 2. The molecule has 4 rings (SSSR count). The maximum Gasteiger partial charge on any atom is 0.305 e. The van der Waals surface area contributed by atoms with Gasteiger partial charge in [-0.3, -0.25) is 19.0 Å². The molecule has 0 unspecified atom stereocenters. The van der Waals surface area contributed by atoms with Crippen molar-refractivity contribution in [2.45, 2.75) is 39.3 Å². The number of halogens is 1. The molecule has 0 aliphatic carbocycles. The van der Waals surface area contributed by atoms with Crippen LogP contribution < -0.4 is 21.5 Å². The molecule has 3 aromatic rings. The highest BCUT2D eigenvalue weighted by Gasteiger charge is 2.13. The van der Waals surface area contributed by atoms with Crippen molar-refractivity contribution >= 4 is 23.5 Å². The number of nitrogens with zero attached hydrogens (tertiary/aromatic N) is 3. The Balaban J connectivity index is 0.000000444. The maximum absolute atomic E-state index is 12.7. The molecule has 0 spiro atoms. The number of carboxylic acids is 1. The summed E-state index contributed by atoms with van der Waals surface area (Å²) >= 11 is 0. The third-order valence-electron chi connectivity index (χ3n) is 5.34. The molecule has 1 aromatic carbocycles. The molecule has 190 valence electrons. The SMILES string of the molecule is Cc1cnc(NCc2ccc3c(n2)NCCC3)c(=O)n1CC(=O)NCCC(=O)O.Fc1ccccc1. The first kappa shape index (κ1) is 26.3. The Morgan fingerprint density at radius 2 is 1.97 bits per heavy atom. The number of hydrogen-bond acceptors (Lipinski definition) is 7. The van der Waals surface area contributed by atoms with Gasteiger partial charge in [-0.25, -0.2) is 14.4 Å². The summed E-state index contributed by atoms with van der Waals surface area (Å²) in [5, 5.41) is 17.4. The molecule has 0 bridgehead atoms. The summed E-state index contributed by atoms with van der Waals surface area (Å²) in [5.41, 5.74) is 2.07. The smallest absolute Gasteiger partial charge is 0.305 e. The molecule has 11 heteroatoms. The molecule has 1 aliphatic rings. The van der Waals surface area contributed by atoms with Crippen molar-refractivity contribution in [3.63, 3.8) is 0 Å². The van der Waals surface area contributed by atoms with Crippen LogP contribution in [-0.4, -0.2) is 44.6 Å². The van der Waals surface area contributed by atoms with E-state index in [9.17, 15) is 18.8 Å². The zero-order valence-electron chi connectivity index (χ0n) is 20.0. The van der Waals surface area contributed by atoms with Crippen LogP contribution in [0.1, 0.15) is 29.8 Å². The van der Waals surface area contributed by atoms with E-state index in [-0.39, 0.29) is 31.1 Å². The van der Waals surface area contributed by atoms with E-state index in [0.717, 1.165) is 30.9 Å². The standard InChI is InChI=1S/C19H24N6O4.C6H5F/c1-12-9-22-18(19(29)25(12)11-15(26)20-8-6-16(27)28)23-10-14-5-4-13-3-2-7-21-17(13)24-14;7-6-4-2-1-3-5-6/h4-5,9H,2-3,6-8,10-11H2,1H3,(H,20,26)(H,21,24)(H,22,23)(H,27,28);1-5H. The average molecular weight is 497 g/mol. The molecule has 0 radical (unpaired) electrons. The van der Waals surface area contributed by atoms with Crippen molar-refractivity contribution in [3.05, 3.63) is 81.8 Å². The van der Waals surface area contributed by atoms with Crippen molar-refractivity contribution in [1.82, 2.24) is 19.9 Å². The second kappa shape index (κ2) is 13.0. The largest absolute Gasteiger partial charge is 0.481 e. The Bertz CT molecular complexity index is 1250. The Kier molecular flexibility index (Phi) is 9.49. The van der Waals surface area contributed by atoms with Crippen molar-refractivity contribution in [3.8, 4) is 0 Å². The number of pyridine rings is 1. The fourth-order valence-corrected chi connectivity index (χ4v) is 3.45. The number of anilines is 2.